The second-order valence-corrected chi connectivity index (χ2v) is 3.36. The van der Waals surface area contributed by atoms with E-state index in [0.717, 1.165) is 23.3 Å². The molecule has 14 heavy (non-hydrogen) atoms. The Morgan fingerprint density at radius 1 is 1.36 bits per heavy atom. The molecule has 0 spiro atoms. The van der Waals surface area contributed by atoms with Gasteiger partial charge in [0, 0.05) is 11.9 Å². The molecular weight excluding hydrogens is 170 g/mol. The maximum Gasteiger partial charge on any atom is 0.0443 e. The van der Waals surface area contributed by atoms with Gasteiger partial charge in [-0.15, -0.1) is 0 Å². The van der Waals surface area contributed by atoms with Crippen molar-refractivity contribution in [3.05, 3.63) is 35.6 Å². The Morgan fingerprint density at radius 2 is 2.00 bits per heavy atom. The van der Waals surface area contributed by atoms with Gasteiger partial charge in [0.1, 0.15) is 0 Å². The summed E-state index contributed by atoms with van der Waals surface area (Å²) in [7, 11) is 0. The lowest BCUT2D eigenvalue weighted by Crippen LogP contribution is -1.85. The second-order valence-electron chi connectivity index (χ2n) is 3.36. The van der Waals surface area contributed by atoms with Gasteiger partial charge in [0.25, 0.3) is 0 Å². The summed E-state index contributed by atoms with van der Waals surface area (Å²) in [6.07, 6.45) is 8.40. The van der Waals surface area contributed by atoms with Gasteiger partial charge in [-0.25, -0.2) is 0 Å². The lowest BCUT2D eigenvalue weighted by atomic mass is 10.1. The van der Waals surface area contributed by atoms with Crippen LogP contribution in [0.5, 0.6) is 0 Å². The molecular formula is C13H21N. The van der Waals surface area contributed by atoms with E-state index in [2.05, 4.69) is 30.6 Å². The van der Waals surface area contributed by atoms with E-state index in [1.54, 1.807) is 0 Å². The second kappa shape index (κ2) is 7.31. The fourth-order valence-corrected chi connectivity index (χ4v) is 1.20. The highest BCUT2D eigenvalue weighted by atomic mass is 14.7. The van der Waals surface area contributed by atoms with Gasteiger partial charge in [-0.05, 0) is 38.3 Å². The van der Waals surface area contributed by atoms with E-state index in [4.69, 9.17) is 0 Å². The van der Waals surface area contributed by atoms with E-state index >= 15 is 0 Å². The monoisotopic (exact) mass is 191 g/mol. The van der Waals surface area contributed by atoms with Crippen molar-refractivity contribution >= 4 is 6.21 Å². The van der Waals surface area contributed by atoms with Crippen LogP contribution in [0.2, 0.25) is 0 Å². The highest BCUT2D eigenvalue weighted by molar-refractivity contribution is 5.56. The number of unbranched alkanes of at least 4 members (excludes halogenated alkanes) is 1. The molecule has 0 unspecified atom stereocenters. The van der Waals surface area contributed by atoms with Gasteiger partial charge in [-0.2, -0.15) is 0 Å². The summed E-state index contributed by atoms with van der Waals surface area (Å²) in [4.78, 5) is 4.27. The maximum absolute atomic E-state index is 4.27. The molecule has 0 aliphatic heterocycles. The van der Waals surface area contributed by atoms with Crippen LogP contribution >= 0.6 is 0 Å². The number of rotatable bonds is 5. The van der Waals surface area contributed by atoms with Crippen molar-refractivity contribution in [2.45, 2.75) is 40.5 Å². The van der Waals surface area contributed by atoms with Crippen LogP contribution < -0.4 is 0 Å². The molecule has 0 aromatic carbocycles. The highest BCUT2D eigenvalue weighted by Crippen LogP contribution is 2.15. The third kappa shape index (κ3) is 4.80. The maximum atomic E-state index is 4.27. The van der Waals surface area contributed by atoms with Gasteiger partial charge in [-0.1, -0.05) is 32.1 Å². The molecule has 0 radical (unpaired) electrons. The Hall–Kier alpha value is -1.11. The standard InChI is InChI=1S/C13H21N/c1-6-8-9-10-13(11(3)4)12(5)14-7-2/h7,9-10H,3,6,8H2,1-2,4-5H3/b10-9-,13-12-,14-7?. The lowest BCUT2D eigenvalue weighted by molar-refractivity contribution is 0.957. The SMILES string of the molecule is C=C(C)C(/C=C\CCC)=C(/C)N=CC. The van der Waals surface area contributed by atoms with Crippen LogP contribution in [0.15, 0.2) is 40.6 Å². The predicted octanol–water partition coefficient (Wildman–Crippen LogP) is 4.28. The van der Waals surface area contributed by atoms with E-state index in [1.807, 2.05) is 27.0 Å². The van der Waals surface area contributed by atoms with Crippen molar-refractivity contribution < 1.29 is 0 Å². The number of hydrogen-bond acceptors (Lipinski definition) is 1. The molecule has 0 aromatic heterocycles. The van der Waals surface area contributed by atoms with Crippen molar-refractivity contribution in [2.75, 3.05) is 0 Å². The van der Waals surface area contributed by atoms with Crippen LogP contribution in [0.3, 0.4) is 0 Å². The normalized spacial score (nSPS) is 13.7. The molecule has 0 aliphatic rings. The minimum atomic E-state index is 1.03. The summed E-state index contributed by atoms with van der Waals surface area (Å²) in [5, 5.41) is 0. The van der Waals surface area contributed by atoms with Crippen LogP contribution in [0, 0.1) is 0 Å². The van der Waals surface area contributed by atoms with Gasteiger partial charge >= 0.3 is 0 Å². The molecule has 0 aromatic rings. The molecule has 0 N–H and O–H groups in total. The van der Waals surface area contributed by atoms with Gasteiger partial charge in [0.05, 0.1) is 0 Å². The Bertz CT molecular complexity index is 267. The summed E-state index contributed by atoms with van der Waals surface area (Å²) in [5.74, 6) is 0. The van der Waals surface area contributed by atoms with Gasteiger partial charge in [0.15, 0.2) is 0 Å². The zero-order valence-corrected chi connectivity index (χ0v) is 9.80. The number of hydrogen-bond donors (Lipinski definition) is 0. The molecule has 0 fully saturated rings. The van der Waals surface area contributed by atoms with E-state index < -0.39 is 0 Å². The largest absolute Gasteiger partial charge is 0.266 e. The zero-order valence-electron chi connectivity index (χ0n) is 9.80. The fourth-order valence-electron chi connectivity index (χ4n) is 1.20. The van der Waals surface area contributed by atoms with Crippen LogP contribution in [0.25, 0.3) is 0 Å². The fraction of sp³-hybridized carbons (Fsp3) is 0.462. The van der Waals surface area contributed by atoms with Crippen LogP contribution in [0.1, 0.15) is 40.5 Å². The first-order valence-corrected chi connectivity index (χ1v) is 5.15. The average molecular weight is 191 g/mol. The van der Waals surface area contributed by atoms with E-state index in [1.165, 1.54) is 6.42 Å². The van der Waals surface area contributed by atoms with Gasteiger partial charge in [-0.3, -0.25) is 4.99 Å². The summed E-state index contributed by atoms with van der Waals surface area (Å²) < 4.78 is 0. The van der Waals surface area contributed by atoms with Crippen LogP contribution in [-0.2, 0) is 0 Å². The molecule has 0 heterocycles. The minimum Gasteiger partial charge on any atom is -0.266 e. The number of aliphatic imine (C=N–C) groups is 1. The molecule has 1 nitrogen and oxygen atoms in total. The van der Waals surface area contributed by atoms with Crippen molar-refractivity contribution in [3.8, 4) is 0 Å². The van der Waals surface area contributed by atoms with Crippen molar-refractivity contribution in [2.24, 2.45) is 4.99 Å². The van der Waals surface area contributed by atoms with Crippen LogP contribution in [0.4, 0.5) is 0 Å². The molecule has 0 bridgehead atoms. The molecule has 0 aliphatic carbocycles. The third-order valence-electron chi connectivity index (χ3n) is 1.91. The van der Waals surface area contributed by atoms with Gasteiger partial charge in [0.2, 0.25) is 0 Å². The molecule has 1 heteroatoms. The first-order chi connectivity index (χ1) is 6.63. The van der Waals surface area contributed by atoms with E-state index in [0.29, 0.717) is 0 Å². The molecule has 0 saturated heterocycles. The first-order valence-electron chi connectivity index (χ1n) is 5.15. The Labute approximate surface area is 87.9 Å². The quantitative estimate of drug-likeness (QED) is 0.454. The molecule has 0 amide bonds. The summed E-state index contributed by atoms with van der Waals surface area (Å²) in [6.45, 7) is 12.1. The van der Waals surface area contributed by atoms with E-state index in [-0.39, 0.29) is 0 Å². The molecule has 0 saturated carbocycles. The first kappa shape index (κ1) is 12.9. The topological polar surface area (TPSA) is 12.4 Å². The molecule has 0 atom stereocenters. The average Bonchev–Trinajstić information content (AvgIpc) is 2.12. The highest BCUT2D eigenvalue weighted by Gasteiger charge is 1.97. The minimum absolute atomic E-state index is 1.03. The van der Waals surface area contributed by atoms with E-state index in [9.17, 15) is 0 Å². The lowest BCUT2D eigenvalue weighted by Gasteiger charge is -2.03. The summed E-state index contributed by atoms with van der Waals surface area (Å²) in [5.41, 5.74) is 3.25. The van der Waals surface area contributed by atoms with Gasteiger partial charge < -0.3 is 0 Å². The summed E-state index contributed by atoms with van der Waals surface area (Å²) >= 11 is 0. The van der Waals surface area contributed by atoms with Crippen molar-refractivity contribution in [1.29, 1.82) is 0 Å². The number of nitrogens with zero attached hydrogens (tertiary/aromatic N) is 1. The predicted molar refractivity (Wildman–Crippen MR) is 65.7 cm³/mol. The Kier molecular flexibility index (Phi) is 6.73. The van der Waals surface area contributed by atoms with Crippen LogP contribution in [-0.4, -0.2) is 6.21 Å². The van der Waals surface area contributed by atoms with Crippen molar-refractivity contribution in [1.82, 2.24) is 0 Å². The smallest absolute Gasteiger partial charge is 0.0443 e. The number of allylic oxidation sites excluding steroid dienone is 5. The molecule has 78 valence electrons. The third-order valence-corrected chi connectivity index (χ3v) is 1.91. The summed E-state index contributed by atoms with van der Waals surface area (Å²) in [6, 6.07) is 0. The Morgan fingerprint density at radius 3 is 2.43 bits per heavy atom. The molecule has 0 rings (SSSR count). The zero-order chi connectivity index (χ0) is 11.0. The Balaban J connectivity index is 4.76. The van der Waals surface area contributed by atoms with Crippen molar-refractivity contribution in [3.63, 3.8) is 0 Å².